The number of benzene rings is 4. The van der Waals surface area contributed by atoms with E-state index in [2.05, 4.69) is 74.5 Å². The van der Waals surface area contributed by atoms with Crippen LogP contribution in [-0.4, -0.2) is 0 Å². The monoisotopic (exact) mass is 729 g/mol. The fourth-order valence-electron chi connectivity index (χ4n) is 8.16. The Bertz CT molecular complexity index is 1430. The molecule has 0 bridgehead atoms. The van der Waals surface area contributed by atoms with Crippen molar-refractivity contribution in [1.29, 1.82) is 0 Å². The summed E-state index contributed by atoms with van der Waals surface area (Å²) in [6.45, 7) is 4.61. The van der Waals surface area contributed by atoms with E-state index in [0.29, 0.717) is 0 Å². The molecular weight excluding hydrogens is 653 g/mol. The maximum absolute atomic E-state index is 5.90. The molecule has 0 heterocycles. The lowest BCUT2D eigenvalue weighted by Gasteiger charge is -2.13. The largest absolute Gasteiger partial charge is 0.399 e. The van der Waals surface area contributed by atoms with Crippen molar-refractivity contribution in [1.82, 2.24) is 0 Å². The summed E-state index contributed by atoms with van der Waals surface area (Å²) in [6.07, 6.45) is 34.3. The first-order chi connectivity index (χ1) is 26.5. The number of hydrogen-bond donors (Lipinski definition) is 2. The number of nitrogens with two attached hydrogens (primary N) is 2. The number of hydrogen-bond acceptors (Lipinski definition) is 2. The number of anilines is 2. The second-order valence-electron chi connectivity index (χ2n) is 16.4. The van der Waals surface area contributed by atoms with E-state index in [-0.39, 0.29) is 0 Å². The summed E-state index contributed by atoms with van der Waals surface area (Å²) in [7, 11) is 0. The second kappa shape index (κ2) is 26.3. The highest BCUT2D eigenvalue weighted by atomic mass is 14.5. The van der Waals surface area contributed by atoms with Crippen LogP contribution in [0.15, 0.2) is 84.9 Å². The summed E-state index contributed by atoms with van der Waals surface area (Å²) in [4.78, 5) is 0. The molecule has 4 aromatic carbocycles. The lowest BCUT2D eigenvalue weighted by atomic mass is 9.93. The molecular formula is C52H76N2. The van der Waals surface area contributed by atoms with Gasteiger partial charge in [-0.05, 0) is 133 Å². The van der Waals surface area contributed by atoms with Crippen LogP contribution in [0.2, 0.25) is 0 Å². The lowest BCUT2D eigenvalue weighted by Crippen LogP contribution is -1.99. The van der Waals surface area contributed by atoms with Gasteiger partial charge < -0.3 is 11.5 Å². The molecule has 4 N–H and O–H groups in total. The van der Waals surface area contributed by atoms with E-state index in [1.165, 1.54) is 176 Å². The molecule has 0 spiro atoms. The van der Waals surface area contributed by atoms with Crippen molar-refractivity contribution in [2.24, 2.45) is 0 Å². The highest BCUT2D eigenvalue weighted by Gasteiger charge is 2.08. The Labute approximate surface area is 332 Å². The molecule has 294 valence electrons. The van der Waals surface area contributed by atoms with Crippen molar-refractivity contribution < 1.29 is 0 Å². The lowest BCUT2D eigenvalue weighted by molar-refractivity contribution is 0.533. The average Bonchev–Trinajstić information content (AvgIpc) is 3.18. The first-order valence-electron chi connectivity index (χ1n) is 22.4. The second-order valence-corrected chi connectivity index (χ2v) is 16.4. The van der Waals surface area contributed by atoms with Gasteiger partial charge in [0, 0.05) is 11.4 Å². The smallest absolute Gasteiger partial charge is 0.0314 e. The number of aryl methyl sites for hydroxylation is 4. The van der Waals surface area contributed by atoms with Gasteiger partial charge in [-0.15, -0.1) is 0 Å². The predicted molar refractivity (Wildman–Crippen MR) is 239 cm³/mol. The van der Waals surface area contributed by atoms with Crippen LogP contribution in [0.25, 0.3) is 0 Å². The summed E-state index contributed by atoms with van der Waals surface area (Å²) in [5.74, 6) is 0. The van der Waals surface area contributed by atoms with Gasteiger partial charge in [0.2, 0.25) is 0 Å². The van der Waals surface area contributed by atoms with Gasteiger partial charge in [0.25, 0.3) is 0 Å². The first-order valence-corrected chi connectivity index (χ1v) is 22.4. The van der Waals surface area contributed by atoms with Gasteiger partial charge in [0.15, 0.2) is 0 Å². The van der Waals surface area contributed by atoms with Crippen molar-refractivity contribution in [3.63, 3.8) is 0 Å². The van der Waals surface area contributed by atoms with Crippen LogP contribution in [0.5, 0.6) is 0 Å². The summed E-state index contributed by atoms with van der Waals surface area (Å²) < 4.78 is 0. The van der Waals surface area contributed by atoms with Gasteiger partial charge >= 0.3 is 0 Å². The van der Waals surface area contributed by atoms with Crippen molar-refractivity contribution in [2.45, 2.75) is 181 Å². The van der Waals surface area contributed by atoms with Crippen molar-refractivity contribution in [2.75, 3.05) is 11.5 Å². The first kappa shape index (κ1) is 43.2. The molecule has 0 amide bonds. The van der Waals surface area contributed by atoms with Crippen LogP contribution in [0.1, 0.15) is 187 Å². The topological polar surface area (TPSA) is 52.0 Å². The van der Waals surface area contributed by atoms with Gasteiger partial charge in [0.1, 0.15) is 0 Å². The molecule has 0 aliphatic heterocycles. The zero-order chi connectivity index (χ0) is 38.1. The Morgan fingerprint density at radius 1 is 0.296 bits per heavy atom. The summed E-state index contributed by atoms with van der Waals surface area (Å²) in [5, 5.41) is 0. The summed E-state index contributed by atoms with van der Waals surface area (Å²) in [6, 6.07) is 31.3. The van der Waals surface area contributed by atoms with E-state index in [0.717, 1.165) is 24.2 Å². The summed E-state index contributed by atoms with van der Waals surface area (Å²) >= 11 is 0. The molecule has 0 aliphatic carbocycles. The standard InChI is InChI=1S/C52H76N2/c1-3-5-19-25-49-41-45(39-43-29-35-51(53)36-30-43)27-33-47(49)23-21-17-15-13-11-9-7-8-10-12-14-16-18-22-24-48-34-28-46(42-50(48)26-20-6-4-2)40-44-31-37-52(54)38-32-44/h27-38,41-42H,3-26,39-40,53-54H2,1-2H3. The Kier molecular flexibility index (Phi) is 21.1. The fourth-order valence-corrected chi connectivity index (χ4v) is 8.16. The highest BCUT2D eigenvalue weighted by molar-refractivity contribution is 5.43. The average molecular weight is 729 g/mol. The molecule has 2 heteroatoms. The molecule has 0 fully saturated rings. The zero-order valence-electron chi connectivity index (χ0n) is 34.6. The normalized spacial score (nSPS) is 11.4. The Morgan fingerprint density at radius 3 is 0.907 bits per heavy atom. The van der Waals surface area contributed by atoms with E-state index in [1.807, 2.05) is 24.3 Å². The Balaban J connectivity index is 1.01. The van der Waals surface area contributed by atoms with E-state index < -0.39 is 0 Å². The molecule has 0 aliphatic rings. The SMILES string of the molecule is CCCCCc1cc(Cc2ccc(N)cc2)ccc1CCCCCCCCCCCCCCCCc1ccc(Cc2ccc(N)cc2)cc1CCCCC. The Hall–Kier alpha value is -3.52. The van der Waals surface area contributed by atoms with Gasteiger partial charge in [-0.25, -0.2) is 0 Å². The highest BCUT2D eigenvalue weighted by Crippen LogP contribution is 2.23. The molecule has 0 unspecified atom stereocenters. The molecule has 4 rings (SSSR count). The minimum atomic E-state index is 0.842. The predicted octanol–water partition coefficient (Wildman–Crippen LogP) is 14.7. The van der Waals surface area contributed by atoms with Crippen molar-refractivity contribution in [3.8, 4) is 0 Å². The van der Waals surface area contributed by atoms with Crippen LogP contribution >= 0.6 is 0 Å². The minimum Gasteiger partial charge on any atom is -0.399 e. The van der Waals surface area contributed by atoms with E-state index in [1.54, 1.807) is 22.3 Å². The van der Waals surface area contributed by atoms with Crippen LogP contribution in [0.3, 0.4) is 0 Å². The maximum Gasteiger partial charge on any atom is 0.0314 e. The van der Waals surface area contributed by atoms with Crippen molar-refractivity contribution in [3.05, 3.63) is 129 Å². The molecule has 0 radical (unpaired) electrons. The fraction of sp³-hybridized carbons (Fsp3) is 0.538. The molecule has 0 saturated heterocycles. The molecule has 54 heavy (non-hydrogen) atoms. The van der Waals surface area contributed by atoms with Crippen LogP contribution in [0.4, 0.5) is 11.4 Å². The van der Waals surface area contributed by atoms with Gasteiger partial charge in [-0.3, -0.25) is 0 Å². The molecule has 0 saturated carbocycles. The number of unbranched alkanes of at least 4 members (excludes halogenated alkanes) is 17. The van der Waals surface area contributed by atoms with Crippen LogP contribution in [-0.2, 0) is 38.5 Å². The minimum absolute atomic E-state index is 0.842. The van der Waals surface area contributed by atoms with E-state index in [4.69, 9.17) is 11.5 Å². The van der Waals surface area contributed by atoms with E-state index >= 15 is 0 Å². The van der Waals surface area contributed by atoms with Crippen LogP contribution in [0, 0.1) is 0 Å². The summed E-state index contributed by atoms with van der Waals surface area (Å²) in [5.41, 5.74) is 25.4. The Morgan fingerprint density at radius 2 is 0.574 bits per heavy atom. The number of nitrogen functional groups attached to an aromatic ring is 2. The third-order valence-electron chi connectivity index (χ3n) is 11.6. The van der Waals surface area contributed by atoms with Crippen molar-refractivity contribution >= 4 is 11.4 Å². The van der Waals surface area contributed by atoms with Gasteiger partial charge in [-0.1, -0.05) is 177 Å². The zero-order valence-corrected chi connectivity index (χ0v) is 34.6. The molecule has 4 aromatic rings. The quantitative estimate of drug-likeness (QED) is 0.0432. The van der Waals surface area contributed by atoms with E-state index in [9.17, 15) is 0 Å². The maximum atomic E-state index is 5.90. The molecule has 0 atom stereocenters. The third-order valence-corrected chi connectivity index (χ3v) is 11.6. The van der Waals surface area contributed by atoms with Crippen LogP contribution < -0.4 is 11.5 Å². The molecule has 2 nitrogen and oxygen atoms in total. The third kappa shape index (κ3) is 17.3. The number of rotatable bonds is 29. The van der Waals surface area contributed by atoms with Gasteiger partial charge in [0.05, 0.1) is 0 Å². The van der Waals surface area contributed by atoms with Gasteiger partial charge in [-0.2, -0.15) is 0 Å². The molecule has 0 aromatic heterocycles.